The number of hydrogen-bond acceptors (Lipinski definition) is 4. The normalized spacial score (nSPS) is 13.1. The molecule has 1 atom stereocenters. The lowest BCUT2D eigenvalue weighted by Crippen LogP contribution is -2.29. The minimum Gasteiger partial charge on any atom is -0.309 e. The lowest BCUT2D eigenvalue weighted by molar-refractivity contribution is 0.742. The predicted octanol–water partition coefficient (Wildman–Crippen LogP) is 1.67. The lowest BCUT2D eigenvalue weighted by Gasteiger charge is -2.07. The molecular formula is C14H18N4O2S. The molecule has 1 unspecified atom stereocenters. The van der Waals surface area contributed by atoms with Crippen LogP contribution >= 0.6 is 11.8 Å². The first-order valence-electron chi connectivity index (χ1n) is 6.59. The number of thioether (sulfide) groups is 1. The minimum absolute atomic E-state index is 0.155. The molecule has 0 spiro atoms. The molecule has 0 aliphatic carbocycles. The second kappa shape index (κ2) is 6.17. The Morgan fingerprint density at radius 2 is 2.19 bits per heavy atom. The van der Waals surface area contributed by atoms with E-state index in [1.807, 2.05) is 36.6 Å². The molecule has 0 aliphatic heterocycles. The summed E-state index contributed by atoms with van der Waals surface area (Å²) < 4.78 is 3.17. The molecule has 0 fully saturated rings. The van der Waals surface area contributed by atoms with E-state index in [1.54, 1.807) is 7.05 Å². The minimum atomic E-state index is -0.462. The number of rotatable bonds is 5. The van der Waals surface area contributed by atoms with Crippen molar-refractivity contribution in [3.8, 4) is 0 Å². The number of nitrogens with zero attached hydrogens (tertiary/aromatic N) is 3. The molecule has 0 aliphatic rings. The van der Waals surface area contributed by atoms with Crippen molar-refractivity contribution in [2.45, 2.75) is 30.8 Å². The first kappa shape index (κ1) is 15.4. The Morgan fingerprint density at radius 1 is 1.48 bits per heavy atom. The maximum atomic E-state index is 12.1. The van der Waals surface area contributed by atoms with Crippen LogP contribution in [0.15, 0.2) is 39.6 Å². The predicted molar refractivity (Wildman–Crippen MR) is 85.9 cm³/mol. The highest BCUT2D eigenvalue weighted by Gasteiger charge is 2.17. The molecule has 0 aromatic carbocycles. The van der Waals surface area contributed by atoms with Crippen LogP contribution in [0.4, 0.5) is 0 Å². The number of aromatic nitrogens is 4. The summed E-state index contributed by atoms with van der Waals surface area (Å²) in [7, 11) is 1.60. The maximum Gasteiger partial charge on any atom is 0.329 e. The summed E-state index contributed by atoms with van der Waals surface area (Å²) in [6.45, 7) is 8.20. The van der Waals surface area contributed by atoms with E-state index >= 15 is 0 Å². The highest BCUT2D eigenvalue weighted by Crippen LogP contribution is 2.25. The van der Waals surface area contributed by atoms with Crippen molar-refractivity contribution in [2.75, 3.05) is 0 Å². The van der Waals surface area contributed by atoms with E-state index < -0.39 is 11.2 Å². The molecule has 7 heteroatoms. The molecule has 2 heterocycles. The average molecular weight is 306 g/mol. The Balaban J connectivity index is 2.75. The van der Waals surface area contributed by atoms with Gasteiger partial charge in [-0.15, -0.1) is 6.58 Å². The Hall–Kier alpha value is -2.02. The van der Waals surface area contributed by atoms with Crippen LogP contribution in [0.3, 0.4) is 0 Å². The van der Waals surface area contributed by atoms with Crippen LogP contribution in [0.1, 0.15) is 13.8 Å². The highest BCUT2D eigenvalue weighted by atomic mass is 32.2. The summed E-state index contributed by atoms with van der Waals surface area (Å²) in [5.41, 5.74) is -0.0688. The summed E-state index contributed by atoms with van der Waals surface area (Å²) in [5.74, 6) is 0. The van der Waals surface area contributed by atoms with Gasteiger partial charge in [0.2, 0.25) is 0 Å². The molecule has 112 valence electrons. The molecule has 0 saturated heterocycles. The third-order valence-corrected chi connectivity index (χ3v) is 4.21. The first-order valence-corrected chi connectivity index (χ1v) is 7.47. The number of H-pyrrole nitrogens is 1. The smallest absolute Gasteiger partial charge is 0.309 e. The fourth-order valence-corrected chi connectivity index (χ4v) is 2.76. The van der Waals surface area contributed by atoms with Crippen molar-refractivity contribution in [1.82, 2.24) is 19.1 Å². The second-order valence-corrected chi connectivity index (χ2v) is 5.97. The van der Waals surface area contributed by atoms with Gasteiger partial charge in [0.05, 0.1) is 0 Å². The van der Waals surface area contributed by atoms with E-state index in [4.69, 9.17) is 0 Å². The van der Waals surface area contributed by atoms with Gasteiger partial charge in [0.25, 0.3) is 5.56 Å². The molecule has 6 nitrogen and oxygen atoms in total. The van der Waals surface area contributed by atoms with Gasteiger partial charge >= 0.3 is 5.69 Å². The number of aryl methyl sites for hydroxylation is 1. The SMILES string of the molecule is C=CC(C)Sc1nc2c(c(=O)[nH]c(=O)n2C)n1CC=CC. The molecule has 2 rings (SSSR count). The Labute approximate surface area is 126 Å². The molecule has 0 saturated carbocycles. The van der Waals surface area contributed by atoms with E-state index in [0.29, 0.717) is 22.9 Å². The number of nitrogens with one attached hydrogen (secondary N) is 1. The Bertz CT molecular complexity index is 813. The largest absolute Gasteiger partial charge is 0.329 e. The summed E-state index contributed by atoms with van der Waals surface area (Å²) in [6.07, 6.45) is 5.66. The Kier molecular flexibility index (Phi) is 4.52. The fraction of sp³-hybridized carbons (Fsp3) is 0.357. The van der Waals surface area contributed by atoms with Crippen LogP contribution in [0, 0.1) is 0 Å². The van der Waals surface area contributed by atoms with E-state index in [2.05, 4.69) is 16.5 Å². The van der Waals surface area contributed by atoms with Gasteiger partial charge in [-0.2, -0.15) is 0 Å². The van der Waals surface area contributed by atoms with E-state index in [0.717, 1.165) is 0 Å². The monoisotopic (exact) mass is 306 g/mol. The standard InChI is InChI=1S/C14H18N4O2S/c1-5-7-8-18-10-11(15-14(18)21-9(3)6-2)17(4)13(20)16-12(10)19/h5-7,9H,2,8H2,1,3-4H3,(H,16,19,20). The third kappa shape index (κ3) is 2.87. The number of allylic oxidation sites excluding steroid dienone is 2. The van der Waals surface area contributed by atoms with Crippen LogP contribution in [0.25, 0.3) is 11.2 Å². The number of fused-ring (bicyclic) bond motifs is 1. The van der Waals surface area contributed by atoms with Crippen LogP contribution in [0.2, 0.25) is 0 Å². The maximum absolute atomic E-state index is 12.1. The van der Waals surface area contributed by atoms with Crippen LogP contribution in [-0.2, 0) is 13.6 Å². The molecule has 2 aromatic rings. The molecular weight excluding hydrogens is 288 g/mol. The number of imidazole rings is 1. The topological polar surface area (TPSA) is 72.7 Å². The van der Waals surface area contributed by atoms with Crippen molar-refractivity contribution in [3.63, 3.8) is 0 Å². The van der Waals surface area contributed by atoms with Gasteiger partial charge in [-0.25, -0.2) is 9.78 Å². The Morgan fingerprint density at radius 3 is 2.81 bits per heavy atom. The summed E-state index contributed by atoms with van der Waals surface area (Å²) in [5, 5.41) is 0.851. The lowest BCUT2D eigenvalue weighted by atomic mass is 10.4. The molecule has 21 heavy (non-hydrogen) atoms. The molecule has 0 bridgehead atoms. The van der Waals surface area contributed by atoms with E-state index in [-0.39, 0.29) is 5.25 Å². The quantitative estimate of drug-likeness (QED) is 0.673. The van der Waals surface area contributed by atoms with E-state index in [9.17, 15) is 9.59 Å². The molecule has 1 N–H and O–H groups in total. The van der Waals surface area contributed by atoms with Crippen molar-refractivity contribution in [3.05, 3.63) is 45.6 Å². The number of aromatic amines is 1. The molecule has 0 radical (unpaired) electrons. The van der Waals surface area contributed by atoms with Crippen molar-refractivity contribution >= 4 is 22.9 Å². The first-order chi connectivity index (χ1) is 9.99. The highest BCUT2D eigenvalue weighted by molar-refractivity contribution is 7.99. The van der Waals surface area contributed by atoms with Crippen LogP contribution in [-0.4, -0.2) is 24.4 Å². The third-order valence-electron chi connectivity index (χ3n) is 3.12. The van der Waals surface area contributed by atoms with Gasteiger partial charge in [-0.1, -0.05) is 30.0 Å². The van der Waals surface area contributed by atoms with Gasteiger partial charge in [0, 0.05) is 18.8 Å². The zero-order valence-electron chi connectivity index (χ0n) is 12.3. The van der Waals surface area contributed by atoms with Gasteiger partial charge in [0.15, 0.2) is 16.3 Å². The average Bonchev–Trinajstić information content (AvgIpc) is 2.81. The van der Waals surface area contributed by atoms with Crippen LogP contribution in [0.5, 0.6) is 0 Å². The second-order valence-electron chi connectivity index (χ2n) is 4.62. The van der Waals surface area contributed by atoms with Gasteiger partial charge in [0.1, 0.15) is 0 Å². The van der Waals surface area contributed by atoms with Crippen molar-refractivity contribution in [2.24, 2.45) is 7.05 Å². The van der Waals surface area contributed by atoms with Gasteiger partial charge < -0.3 is 4.57 Å². The van der Waals surface area contributed by atoms with E-state index in [1.165, 1.54) is 16.3 Å². The zero-order chi connectivity index (χ0) is 15.6. The van der Waals surface area contributed by atoms with Crippen molar-refractivity contribution in [1.29, 1.82) is 0 Å². The summed E-state index contributed by atoms with van der Waals surface area (Å²) >= 11 is 1.50. The van der Waals surface area contributed by atoms with Crippen LogP contribution < -0.4 is 11.2 Å². The zero-order valence-corrected chi connectivity index (χ0v) is 13.1. The molecule has 0 amide bonds. The van der Waals surface area contributed by atoms with Gasteiger partial charge in [-0.05, 0) is 13.8 Å². The summed E-state index contributed by atoms with van der Waals surface area (Å²) in [6, 6.07) is 0. The van der Waals surface area contributed by atoms with Crippen molar-refractivity contribution < 1.29 is 0 Å². The number of hydrogen-bond donors (Lipinski definition) is 1. The summed E-state index contributed by atoms with van der Waals surface area (Å²) in [4.78, 5) is 30.6. The van der Waals surface area contributed by atoms with Gasteiger partial charge in [-0.3, -0.25) is 14.3 Å². The fourth-order valence-electron chi connectivity index (χ4n) is 1.90. The molecule has 2 aromatic heterocycles.